The fraction of sp³-hybridized carbons (Fsp3) is 0.455. The Morgan fingerprint density at radius 3 is 2.00 bits per heavy atom. The van der Waals surface area contributed by atoms with Crippen LogP contribution in [0.4, 0.5) is 0 Å². The van der Waals surface area contributed by atoms with E-state index in [1.807, 2.05) is 0 Å². The van der Waals surface area contributed by atoms with Crippen LogP contribution in [0.5, 0.6) is 0 Å². The zero-order valence-electron chi connectivity index (χ0n) is 9.20. The molecule has 1 aliphatic heterocycles. The minimum absolute atomic E-state index is 0.178. The standard InChI is InChI=1S/C11H13Cl2NO2S/c12-9-6-10(13)8-11(7-9)17(15,16)14-4-2-1-3-5-14/h6-8H,1-5H2. The molecule has 0 aromatic heterocycles. The molecule has 17 heavy (non-hydrogen) atoms. The second kappa shape index (κ2) is 5.14. The summed E-state index contributed by atoms with van der Waals surface area (Å²) in [7, 11) is -3.44. The van der Waals surface area contributed by atoms with E-state index in [9.17, 15) is 8.42 Å². The average molecular weight is 294 g/mol. The molecular formula is C11H13Cl2NO2S. The molecule has 1 aliphatic rings. The van der Waals surface area contributed by atoms with Crippen molar-refractivity contribution in [2.24, 2.45) is 0 Å². The molecule has 1 aromatic rings. The number of halogens is 2. The van der Waals surface area contributed by atoms with Gasteiger partial charge < -0.3 is 0 Å². The fourth-order valence-corrected chi connectivity index (χ4v) is 4.18. The first-order valence-corrected chi connectivity index (χ1v) is 7.66. The lowest BCUT2D eigenvalue weighted by atomic mass is 10.2. The molecule has 0 N–H and O–H groups in total. The van der Waals surface area contributed by atoms with E-state index in [1.54, 1.807) is 0 Å². The van der Waals surface area contributed by atoms with Gasteiger partial charge in [-0.3, -0.25) is 0 Å². The number of benzene rings is 1. The molecule has 0 aliphatic carbocycles. The molecule has 0 radical (unpaired) electrons. The van der Waals surface area contributed by atoms with Gasteiger partial charge in [0, 0.05) is 23.1 Å². The van der Waals surface area contributed by atoms with Crippen LogP contribution in [0, 0.1) is 0 Å². The first-order chi connectivity index (χ1) is 8.00. The van der Waals surface area contributed by atoms with Crippen molar-refractivity contribution in [3.8, 4) is 0 Å². The maximum absolute atomic E-state index is 12.3. The molecule has 1 aromatic carbocycles. The van der Waals surface area contributed by atoms with Crippen LogP contribution in [0.2, 0.25) is 10.0 Å². The minimum atomic E-state index is -3.44. The normalized spacial score (nSPS) is 18.2. The van der Waals surface area contributed by atoms with Crippen LogP contribution in [0.25, 0.3) is 0 Å². The van der Waals surface area contributed by atoms with E-state index in [1.165, 1.54) is 22.5 Å². The highest BCUT2D eigenvalue weighted by Crippen LogP contribution is 2.26. The van der Waals surface area contributed by atoms with Crippen LogP contribution in [-0.4, -0.2) is 25.8 Å². The maximum Gasteiger partial charge on any atom is 0.243 e. The monoisotopic (exact) mass is 293 g/mol. The number of piperidine rings is 1. The van der Waals surface area contributed by atoms with Crippen molar-refractivity contribution >= 4 is 33.2 Å². The average Bonchev–Trinajstić information content (AvgIpc) is 2.29. The summed E-state index contributed by atoms with van der Waals surface area (Å²) in [6, 6.07) is 4.41. The van der Waals surface area contributed by atoms with Crippen molar-refractivity contribution in [2.75, 3.05) is 13.1 Å². The van der Waals surface area contributed by atoms with Gasteiger partial charge in [0.15, 0.2) is 0 Å². The van der Waals surface area contributed by atoms with Crippen LogP contribution in [0.15, 0.2) is 23.1 Å². The molecule has 94 valence electrons. The molecule has 0 atom stereocenters. The maximum atomic E-state index is 12.3. The van der Waals surface area contributed by atoms with E-state index < -0.39 is 10.0 Å². The van der Waals surface area contributed by atoms with Crippen molar-refractivity contribution in [3.05, 3.63) is 28.2 Å². The van der Waals surface area contributed by atoms with Gasteiger partial charge in [-0.2, -0.15) is 4.31 Å². The molecule has 3 nitrogen and oxygen atoms in total. The lowest BCUT2D eigenvalue weighted by Gasteiger charge is -2.25. The highest BCUT2D eigenvalue weighted by atomic mass is 35.5. The van der Waals surface area contributed by atoms with Gasteiger partial charge in [0.1, 0.15) is 0 Å². The Labute approximate surface area is 111 Å². The SMILES string of the molecule is O=S(=O)(c1cc(Cl)cc(Cl)c1)N1CCCCC1. The highest BCUT2D eigenvalue weighted by Gasteiger charge is 2.26. The molecule has 0 amide bonds. The number of nitrogens with zero attached hydrogens (tertiary/aromatic N) is 1. The van der Waals surface area contributed by atoms with Crippen LogP contribution >= 0.6 is 23.2 Å². The Balaban J connectivity index is 2.36. The molecule has 2 rings (SSSR count). The lowest BCUT2D eigenvalue weighted by molar-refractivity contribution is 0.346. The Hall–Kier alpha value is -0.290. The van der Waals surface area contributed by atoms with Gasteiger partial charge in [0.2, 0.25) is 10.0 Å². The predicted molar refractivity (Wildman–Crippen MR) is 69.1 cm³/mol. The van der Waals surface area contributed by atoms with Gasteiger partial charge in [-0.15, -0.1) is 0 Å². The van der Waals surface area contributed by atoms with Crippen molar-refractivity contribution in [1.29, 1.82) is 0 Å². The number of sulfonamides is 1. The second-order valence-electron chi connectivity index (χ2n) is 4.07. The van der Waals surface area contributed by atoms with Crippen LogP contribution in [0.3, 0.4) is 0 Å². The molecule has 0 saturated carbocycles. The Bertz CT molecular complexity index is 490. The summed E-state index contributed by atoms with van der Waals surface area (Å²) in [5, 5.41) is 0.682. The van der Waals surface area contributed by atoms with E-state index in [4.69, 9.17) is 23.2 Å². The van der Waals surface area contributed by atoms with Crippen LogP contribution in [-0.2, 0) is 10.0 Å². The van der Waals surface area contributed by atoms with Gasteiger partial charge in [0.05, 0.1) is 4.90 Å². The summed E-state index contributed by atoms with van der Waals surface area (Å²) >= 11 is 11.7. The number of rotatable bonds is 2. The van der Waals surface area contributed by atoms with Crippen molar-refractivity contribution in [2.45, 2.75) is 24.2 Å². The van der Waals surface area contributed by atoms with Crippen LogP contribution in [0.1, 0.15) is 19.3 Å². The smallest absolute Gasteiger partial charge is 0.207 e. The Kier molecular flexibility index (Phi) is 3.98. The third-order valence-electron chi connectivity index (χ3n) is 2.79. The summed E-state index contributed by atoms with van der Waals surface area (Å²) in [6.45, 7) is 1.15. The molecule has 1 heterocycles. The zero-order valence-corrected chi connectivity index (χ0v) is 11.5. The Morgan fingerprint density at radius 2 is 1.47 bits per heavy atom. The first-order valence-electron chi connectivity index (χ1n) is 5.46. The molecule has 0 bridgehead atoms. The number of hydrogen-bond donors (Lipinski definition) is 0. The molecule has 1 fully saturated rings. The van der Waals surface area contributed by atoms with E-state index in [-0.39, 0.29) is 4.90 Å². The summed E-state index contributed by atoms with van der Waals surface area (Å²) in [5.41, 5.74) is 0. The number of hydrogen-bond acceptors (Lipinski definition) is 2. The fourth-order valence-electron chi connectivity index (χ4n) is 1.93. The second-order valence-corrected chi connectivity index (χ2v) is 6.88. The van der Waals surface area contributed by atoms with Crippen molar-refractivity contribution < 1.29 is 8.42 Å². The molecular weight excluding hydrogens is 281 g/mol. The van der Waals surface area contributed by atoms with Gasteiger partial charge in [0.25, 0.3) is 0 Å². The van der Waals surface area contributed by atoms with Gasteiger partial charge in [-0.25, -0.2) is 8.42 Å². The third-order valence-corrected chi connectivity index (χ3v) is 5.10. The summed E-state index contributed by atoms with van der Waals surface area (Å²) < 4.78 is 26.1. The highest BCUT2D eigenvalue weighted by molar-refractivity contribution is 7.89. The van der Waals surface area contributed by atoms with E-state index in [0.717, 1.165) is 19.3 Å². The topological polar surface area (TPSA) is 37.4 Å². The van der Waals surface area contributed by atoms with Crippen molar-refractivity contribution in [3.63, 3.8) is 0 Å². The van der Waals surface area contributed by atoms with Gasteiger partial charge >= 0.3 is 0 Å². The van der Waals surface area contributed by atoms with Gasteiger partial charge in [-0.1, -0.05) is 29.6 Å². The summed E-state index contributed by atoms with van der Waals surface area (Å²) in [5.74, 6) is 0. The molecule has 6 heteroatoms. The molecule has 0 spiro atoms. The molecule has 1 saturated heterocycles. The predicted octanol–water partition coefficient (Wildman–Crippen LogP) is 3.17. The summed E-state index contributed by atoms with van der Waals surface area (Å²) in [6.07, 6.45) is 2.91. The zero-order chi connectivity index (χ0) is 12.5. The summed E-state index contributed by atoms with van der Waals surface area (Å²) in [4.78, 5) is 0.178. The Morgan fingerprint density at radius 1 is 0.941 bits per heavy atom. The van der Waals surface area contributed by atoms with E-state index in [2.05, 4.69) is 0 Å². The van der Waals surface area contributed by atoms with E-state index in [0.29, 0.717) is 23.1 Å². The first kappa shape index (κ1) is 13.1. The quantitative estimate of drug-likeness (QED) is 0.840. The van der Waals surface area contributed by atoms with Crippen molar-refractivity contribution in [1.82, 2.24) is 4.31 Å². The van der Waals surface area contributed by atoms with Crippen LogP contribution < -0.4 is 0 Å². The lowest BCUT2D eigenvalue weighted by Crippen LogP contribution is -2.35. The minimum Gasteiger partial charge on any atom is -0.207 e. The van der Waals surface area contributed by atoms with E-state index >= 15 is 0 Å². The third kappa shape index (κ3) is 2.94. The largest absolute Gasteiger partial charge is 0.243 e. The molecule has 0 unspecified atom stereocenters. The van der Waals surface area contributed by atoms with Gasteiger partial charge in [-0.05, 0) is 31.0 Å².